The van der Waals surface area contributed by atoms with Crippen LogP contribution >= 0.6 is 0 Å². The summed E-state index contributed by atoms with van der Waals surface area (Å²) in [6.45, 7) is 7.77. The number of nitrogens with one attached hydrogen (secondary N) is 1. The first kappa shape index (κ1) is 20.8. The smallest absolute Gasteiger partial charge is 0.303 e. The molecule has 0 fully saturated rings. The molecule has 0 unspecified atom stereocenters. The highest BCUT2D eigenvalue weighted by Crippen LogP contribution is 2.25. The number of hydrogen-bond donors (Lipinski definition) is 2. The van der Waals surface area contributed by atoms with Crippen molar-refractivity contribution in [2.75, 3.05) is 33.4 Å². The Kier molecular flexibility index (Phi) is 9.39. The second kappa shape index (κ2) is 11.3. The van der Waals surface area contributed by atoms with Gasteiger partial charge in [-0.15, -0.1) is 0 Å². The van der Waals surface area contributed by atoms with E-state index >= 15 is 0 Å². The summed E-state index contributed by atoms with van der Waals surface area (Å²) >= 11 is 0. The third kappa shape index (κ3) is 7.89. The van der Waals surface area contributed by atoms with E-state index < -0.39 is 5.97 Å². The average molecular weight is 352 g/mol. The largest absolute Gasteiger partial charge is 0.497 e. The van der Waals surface area contributed by atoms with E-state index in [1.54, 1.807) is 19.2 Å². The number of likely N-dealkylation sites (N-methyl/N-ethyl adjacent to an activating group) is 1. The van der Waals surface area contributed by atoms with Crippen LogP contribution in [0.5, 0.6) is 11.5 Å². The van der Waals surface area contributed by atoms with Crippen molar-refractivity contribution in [3.8, 4) is 11.5 Å². The first-order valence-corrected chi connectivity index (χ1v) is 8.50. The molecular weight excluding hydrogens is 324 g/mol. The van der Waals surface area contributed by atoms with Crippen LogP contribution in [0.15, 0.2) is 18.2 Å². The van der Waals surface area contributed by atoms with Crippen molar-refractivity contribution in [1.29, 1.82) is 0 Å². The summed E-state index contributed by atoms with van der Waals surface area (Å²) in [6.07, 6.45) is -0.217. The third-order valence-corrected chi connectivity index (χ3v) is 3.88. The molecule has 7 nitrogen and oxygen atoms in total. The maximum absolute atomic E-state index is 11.7. The van der Waals surface area contributed by atoms with Gasteiger partial charge in [0, 0.05) is 31.1 Å². The lowest BCUT2D eigenvalue weighted by Crippen LogP contribution is -2.28. The summed E-state index contributed by atoms with van der Waals surface area (Å²) in [7, 11) is 1.59. The van der Waals surface area contributed by atoms with E-state index in [1.165, 1.54) is 0 Å². The van der Waals surface area contributed by atoms with Crippen LogP contribution in [-0.4, -0.2) is 55.2 Å². The molecule has 25 heavy (non-hydrogen) atoms. The van der Waals surface area contributed by atoms with Gasteiger partial charge in [0.1, 0.15) is 18.1 Å². The normalized spacial score (nSPS) is 10.6. The summed E-state index contributed by atoms with van der Waals surface area (Å²) in [6, 6.07) is 5.43. The summed E-state index contributed by atoms with van der Waals surface area (Å²) in [4.78, 5) is 24.5. The predicted octanol–water partition coefficient (Wildman–Crippen LogP) is 1.90. The zero-order valence-electron chi connectivity index (χ0n) is 15.2. The number of carbonyl (C=O) groups is 2. The number of carboxylic acids is 1. The maximum Gasteiger partial charge on any atom is 0.303 e. The standard InChI is InChI=1S/C18H28N2O5/c1-4-20(5-2)10-11-25-16-12-15(24-3)7-6-14(16)13-19-17(21)8-9-18(22)23/h6-7,12H,4-5,8-11,13H2,1-3H3,(H,19,21)(H,22,23). The van der Waals surface area contributed by atoms with Crippen molar-refractivity contribution in [1.82, 2.24) is 10.2 Å². The molecule has 0 aromatic heterocycles. The number of benzene rings is 1. The quantitative estimate of drug-likeness (QED) is 0.597. The number of aliphatic carboxylic acids is 1. The maximum atomic E-state index is 11.7. The lowest BCUT2D eigenvalue weighted by atomic mass is 10.2. The molecular formula is C18H28N2O5. The van der Waals surface area contributed by atoms with Gasteiger partial charge >= 0.3 is 5.97 Å². The second-order valence-electron chi connectivity index (χ2n) is 5.52. The first-order valence-electron chi connectivity index (χ1n) is 8.50. The number of nitrogens with zero attached hydrogens (tertiary/aromatic N) is 1. The molecule has 0 aliphatic rings. The van der Waals surface area contributed by atoms with Crippen molar-refractivity contribution in [2.24, 2.45) is 0 Å². The van der Waals surface area contributed by atoms with Gasteiger partial charge in [0.25, 0.3) is 0 Å². The lowest BCUT2D eigenvalue weighted by molar-refractivity contribution is -0.138. The van der Waals surface area contributed by atoms with E-state index in [4.69, 9.17) is 14.6 Å². The first-order chi connectivity index (χ1) is 12.0. The Morgan fingerprint density at radius 3 is 2.52 bits per heavy atom. The van der Waals surface area contributed by atoms with E-state index in [0.29, 0.717) is 18.1 Å². The van der Waals surface area contributed by atoms with Gasteiger partial charge in [0.05, 0.1) is 13.5 Å². The average Bonchev–Trinajstić information content (AvgIpc) is 2.62. The number of ether oxygens (including phenoxy) is 2. The van der Waals surface area contributed by atoms with Gasteiger partial charge < -0.3 is 24.8 Å². The molecule has 2 N–H and O–H groups in total. The summed E-state index contributed by atoms with van der Waals surface area (Å²) in [5.41, 5.74) is 0.823. The van der Waals surface area contributed by atoms with E-state index in [9.17, 15) is 9.59 Å². The molecule has 1 rings (SSSR count). The minimum atomic E-state index is -0.986. The molecule has 0 aliphatic heterocycles. The van der Waals surface area contributed by atoms with Crippen LogP contribution in [0, 0.1) is 0 Å². The fraction of sp³-hybridized carbons (Fsp3) is 0.556. The molecule has 0 atom stereocenters. The molecule has 0 radical (unpaired) electrons. The molecule has 0 saturated carbocycles. The highest BCUT2D eigenvalue weighted by molar-refractivity contribution is 5.80. The second-order valence-corrected chi connectivity index (χ2v) is 5.52. The molecule has 0 aliphatic carbocycles. The van der Waals surface area contributed by atoms with Gasteiger partial charge in [-0.25, -0.2) is 0 Å². The van der Waals surface area contributed by atoms with Crippen LogP contribution in [0.2, 0.25) is 0 Å². The van der Waals surface area contributed by atoms with E-state index in [1.807, 2.05) is 6.07 Å². The van der Waals surface area contributed by atoms with Crippen molar-refractivity contribution < 1.29 is 24.2 Å². The fourth-order valence-corrected chi connectivity index (χ4v) is 2.27. The van der Waals surface area contributed by atoms with Gasteiger partial charge in [0.15, 0.2) is 0 Å². The Hall–Kier alpha value is -2.28. The Balaban J connectivity index is 2.65. The molecule has 1 amide bonds. The van der Waals surface area contributed by atoms with Crippen LogP contribution in [0.1, 0.15) is 32.3 Å². The van der Waals surface area contributed by atoms with Crippen molar-refractivity contribution in [3.05, 3.63) is 23.8 Å². The summed E-state index contributed by atoms with van der Waals surface area (Å²) in [5.74, 6) is 0.0520. The number of rotatable bonds is 12. The van der Waals surface area contributed by atoms with E-state index in [2.05, 4.69) is 24.1 Å². The Morgan fingerprint density at radius 2 is 1.92 bits per heavy atom. The van der Waals surface area contributed by atoms with Crippen LogP contribution in [0.3, 0.4) is 0 Å². The van der Waals surface area contributed by atoms with Gasteiger partial charge in [-0.3, -0.25) is 9.59 Å². The summed E-state index contributed by atoms with van der Waals surface area (Å²) < 4.78 is 11.1. The number of carboxylic acid groups (broad SMARTS) is 1. The topological polar surface area (TPSA) is 88.1 Å². The number of amides is 1. The predicted molar refractivity (Wildman–Crippen MR) is 95.0 cm³/mol. The number of hydrogen-bond acceptors (Lipinski definition) is 5. The minimum absolute atomic E-state index is 0.0381. The molecule has 0 spiro atoms. The third-order valence-electron chi connectivity index (χ3n) is 3.88. The van der Waals surface area contributed by atoms with Gasteiger partial charge in [-0.05, 0) is 25.2 Å². The van der Waals surface area contributed by atoms with Gasteiger partial charge in [-0.2, -0.15) is 0 Å². The monoisotopic (exact) mass is 352 g/mol. The Bertz CT molecular complexity index is 558. The number of methoxy groups -OCH3 is 1. The Morgan fingerprint density at radius 1 is 1.20 bits per heavy atom. The molecule has 0 heterocycles. The van der Waals surface area contributed by atoms with Crippen LogP contribution < -0.4 is 14.8 Å². The molecule has 7 heteroatoms. The van der Waals surface area contributed by atoms with E-state index in [-0.39, 0.29) is 25.3 Å². The molecule has 1 aromatic carbocycles. The highest BCUT2D eigenvalue weighted by Gasteiger charge is 2.10. The zero-order valence-corrected chi connectivity index (χ0v) is 15.2. The van der Waals surface area contributed by atoms with Crippen LogP contribution in [-0.2, 0) is 16.1 Å². The highest BCUT2D eigenvalue weighted by atomic mass is 16.5. The SMILES string of the molecule is CCN(CC)CCOc1cc(OC)ccc1CNC(=O)CCC(=O)O. The molecule has 140 valence electrons. The molecule has 1 aromatic rings. The minimum Gasteiger partial charge on any atom is -0.497 e. The Labute approximate surface area is 148 Å². The fourth-order valence-electron chi connectivity index (χ4n) is 2.27. The van der Waals surface area contributed by atoms with Crippen LogP contribution in [0.25, 0.3) is 0 Å². The zero-order chi connectivity index (χ0) is 18.7. The molecule has 0 bridgehead atoms. The van der Waals surface area contributed by atoms with Gasteiger partial charge in [0.2, 0.25) is 5.91 Å². The van der Waals surface area contributed by atoms with Crippen molar-refractivity contribution in [2.45, 2.75) is 33.2 Å². The van der Waals surface area contributed by atoms with Gasteiger partial charge in [-0.1, -0.05) is 13.8 Å². The van der Waals surface area contributed by atoms with E-state index in [0.717, 1.165) is 25.2 Å². The molecule has 0 saturated heterocycles. The summed E-state index contributed by atoms with van der Waals surface area (Å²) in [5, 5.41) is 11.3. The number of carbonyl (C=O) groups excluding carboxylic acids is 1. The van der Waals surface area contributed by atoms with Crippen LogP contribution in [0.4, 0.5) is 0 Å². The van der Waals surface area contributed by atoms with Crippen molar-refractivity contribution in [3.63, 3.8) is 0 Å². The lowest BCUT2D eigenvalue weighted by Gasteiger charge is -2.19. The van der Waals surface area contributed by atoms with Crippen molar-refractivity contribution >= 4 is 11.9 Å².